The minimum atomic E-state index is -4.91. The molecule has 1 heterocycles. The van der Waals surface area contributed by atoms with E-state index in [2.05, 4.69) is 15.0 Å². The number of alkyl halides is 6. The summed E-state index contributed by atoms with van der Waals surface area (Å²) in [6.07, 6.45) is -7.86. The molecule has 34 heavy (non-hydrogen) atoms. The second kappa shape index (κ2) is 9.71. The van der Waals surface area contributed by atoms with Gasteiger partial charge in [-0.2, -0.15) is 13.2 Å². The lowest BCUT2D eigenvalue weighted by Crippen LogP contribution is -2.17. The maximum absolute atomic E-state index is 13.2. The maximum Gasteiger partial charge on any atom is 0.573 e. The number of amides is 1. The molecule has 0 saturated carbocycles. The number of aromatic nitrogens is 1. The number of hydrogen-bond donors (Lipinski definition) is 1. The summed E-state index contributed by atoms with van der Waals surface area (Å²) in [5.74, 6) is -2.19. The molecule has 3 rings (SSSR count). The molecule has 1 atom stereocenters. The molecule has 180 valence electrons. The topological polar surface area (TPSA) is 77.5 Å². The van der Waals surface area contributed by atoms with Crippen molar-refractivity contribution in [2.45, 2.75) is 17.4 Å². The largest absolute Gasteiger partial charge is 0.573 e. The lowest BCUT2D eigenvalue weighted by molar-refractivity contribution is -0.274. The molecule has 1 unspecified atom stereocenters. The van der Waals surface area contributed by atoms with Crippen LogP contribution >= 0.6 is 0 Å². The van der Waals surface area contributed by atoms with Gasteiger partial charge in [0, 0.05) is 33.8 Å². The Balaban J connectivity index is 1.91. The van der Waals surface area contributed by atoms with Gasteiger partial charge in [-0.1, -0.05) is 6.07 Å². The zero-order chi connectivity index (χ0) is 25.1. The van der Waals surface area contributed by atoms with Crippen molar-refractivity contribution >= 4 is 22.4 Å². The normalized spacial score (nSPS) is 12.7. The van der Waals surface area contributed by atoms with Crippen LogP contribution in [0, 0.1) is 0 Å². The van der Waals surface area contributed by atoms with Crippen LogP contribution in [0.4, 0.5) is 32.0 Å². The predicted molar refractivity (Wildman–Crippen MR) is 109 cm³/mol. The third kappa shape index (κ3) is 6.70. The van der Waals surface area contributed by atoms with E-state index in [4.69, 9.17) is 4.74 Å². The molecule has 0 aliphatic carbocycles. The summed E-state index contributed by atoms with van der Waals surface area (Å²) < 4.78 is 97.2. The average Bonchev–Trinajstić information content (AvgIpc) is 2.73. The van der Waals surface area contributed by atoms with E-state index >= 15 is 0 Å². The zero-order valence-electron chi connectivity index (χ0n) is 17.0. The molecule has 0 bridgehead atoms. The van der Waals surface area contributed by atoms with Gasteiger partial charge in [0.15, 0.2) is 0 Å². The summed E-state index contributed by atoms with van der Waals surface area (Å²) in [5, 5.41) is 2.39. The molecule has 0 aliphatic rings. The molecule has 1 N–H and O–H groups in total. The molecule has 0 saturated heterocycles. The van der Waals surface area contributed by atoms with Crippen molar-refractivity contribution in [3.8, 4) is 17.4 Å². The highest BCUT2D eigenvalue weighted by molar-refractivity contribution is 7.84. The number of halogens is 6. The van der Waals surface area contributed by atoms with E-state index in [1.165, 1.54) is 30.5 Å². The number of carbonyl (C=O) groups excluding carboxylic acids is 1. The van der Waals surface area contributed by atoms with Gasteiger partial charge in [0.1, 0.15) is 17.1 Å². The van der Waals surface area contributed by atoms with Crippen LogP contribution in [0.3, 0.4) is 0 Å². The van der Waals surface area contributed by atoms with Crippen molar-refractivity contribution in [2.75, 3.05) is 11.6 Å². The van der Waals surface area contributed by atoms with E-state index in [9.17, 15) is 35.3 Å². The van der Waals surface area contributed by atoms with Gasteiger partial charge in [0.2, 0.25) is 5.88 Å². The Morgan fingerprint density at radius 1 is 0.971 bits per heavy atom. The van der Waals surface area contributed by atoms with E-state index in [1.54, 1.807) is 0 Å². The fourth-order valence-corrected chi connectivity index (χ4v) is 3.19. The van der Waals surface area contributed by atoms with Crippen molar-refractivity contribution in [2.24, 2.45) is 0 Å². The monoisotopic (exact) mass is 504 g/mol. The number of nitrogens with zero attached hydrogens (tertiary/aromatic N) is 1. The molecule has 0 radical (unpaired) electrons. The van der Waals surface area contributed by atoms with E-state index in [0.717, 1.165) is 24.3 Å². The van der Waals surface area contributed by atoms with E-state index < -0.39 is 52.0 Å². The number of carbonyl (C=O) groups is 1. The van der Waals surface area contributed by atoms with Crippen LogP contribution in [-0.2, 0) is 17.0 Å². The van der Waals surface area contributed by atoms with Gasteiger partial charge in [0.25, 0.3) is 5.91 Å². The molecular weight excluding hydrogens is 490 g/mol. The summed E-state index contributed by atoms with van der Waals surface area (Å²) in [5.41, 5.74) is -1.65. The Hall–Kier alpha value is -3.61. The van der Waals surface area contributed by atoms with Crippen LogP contribution in [0.15, 0.2) is 65.7 Å². The number of pyridine rings is 1. The first-order chi connectivity index (χ1) is 15.8. The SMILES string of the molecule is CS(=O)c1cccc(NC(=O)c2cc(C(F)(F)F)cnc2Oc2ccc(OC(F)(F)F)cc2)c1. The van der Waals surface area contributed by atoms with Crippen LogP contribution in [0.25, 0.3) is 0 Å². The van der Waals surface area contributed by atoms with Crippen molar-refractivity contribution < 1.29 is 44.8 Å². The summed E-state index contributed by atoms with van der Waals surface area (Å²) in [7, 11) is -1.37. The molecular formula is C21H14F6N2O4S. The van der Waals surface area contributed by atoms with E-state index in [-0.39, 0.29) is 11.4 Å². The van der Waals surface area contributed by atoms with Gasteiger partial charge in [-0.05, 0) is 48.5 Å². The van der Waals surface area contributed by atoms with E-state index in [1.807, 2.05) is 0 Å². The van der Waals surface area contributed by atoms with Crippen molar-refractivity contribution in [1.29, 1.82) is 0 Å². The first-order valence-corrected chi connectivity index (χ1v) is 10.7. The Bertz CT molecular complexity index is 1210. The van der Waals surface area contributed by atoms with Gasteiger partial charge in [0.05, 0.1) is 5.56 Å². The van der Waals surface area contributed by atoms with Gasteiger partial charge < -0.3 is 14.8 Å². The predicted octanol–water partition coefficient (Wildman–Crippen LogP) is 5.78. The van der Waals surface area contributed by atoms with Gasteiger partial charge >= 0.3 is 12.5 Å². The fraction of sp³-hybridized carbons (Fsp3) is 0.143. The molecule has 0 aliphatic heterocycles. The molecule has 0 spiro atoms. The molecule has 13 heteroatoms. The number of benzene rings is 2. The number of ether oxygens (including phenoxy) is 2. The number of hydrogen-bond acceptors (Lipinski definition) is 5. The van der Waals surface area contributed by atoms with Crippen LogP contribution in [-0.4, -0.2) is 27.7 Å². The third-order valence-electron chi connectivity index (χ3n) is 4.12. The van der Waals surface area contributed by atoms with Crippen molar-refractivity contribution in [3.05, 3.63) is 71.9 Å². The van der Waals surface area contributed by atoms with Gasteiger partial charge in [-0.25, -0.2) is 4.98 Å². The minimum absolute atomic E-state index is 0.112. The first-order valence-electron chi connectivity index (χ1n) is 9.17. The second-order valence-electron chi connectivity index (χ2n) is 6.63. The highest BCUT2D eigenvalue weighted by Crippen LogP contribution is 2.33. The summed E-state index contributed by atoms with van der Waals surface area (Å²) in [4.78, 5) is 16.7. The fourth-order valence-electron chi connectivity index (χ4n) is 2.62. The maximum atomic E-state index is 13.2. The highest BCUT2D eigenvalue weighted by atomic mass is 32.2. The first kappa shape index (κ1) is 25.0. The quantitative estimate of drug-likeness (QED) is 0.431. The van der Waals surface area contributed by atoms with Crippen LogP contribution in [0.1, 0.15) is 15.9 Å². The van der Waals surface area contributed by atoms with Crippen molar-refractivity contribution in [1.82, 2.24) is 4.98 Å². The minimum Gasteiger partial charge on any atom is -0.438 e. The Morgan fingerprint density at radius 3 is 2.21 bits per heavy atom. The lowest BCUT2D eigenvalue weighted by atomic mass is 10.1. The van der Waals surface area contributed by atoms with Crippen LogP contribution < -0.4 is 14.8 Å². The molecule has 0 fully saturated rings. The van der Waals surface area contributed by atoms with E-state index in [0.29, 0.717) is 17.2 Å². The number of rotatable bonds is 6. The molecule has 6 nitrogen and oxygen atoms in total. The molecule has 2 aromatic carbocycles. The van der Waals surface area contributed by atoms with Gasteiger partial charge in [-0.15, -0.1) is 13.2 Å². The number of anilines is 1. The standard InChI is InChI=1S/C21H14F6N2O4S/c1-34(31)16-4-2-3-13(10-16)29-18(30)17-9-12(20(22,23)24)11-28-19(17)32-14-5-7-15(8-6-14)33-21(25,26)27/h2-11H,1H3,(H,29,30). The Labute approximate surface area is 191 Å². The van der Waals surface area contributed by atoms with Crippen molar-refractivity contribution in [3.63, 3.8) is 0 Å². The Morgan fingerprint density at radius 2 is 1.62 bits per heavy atom. The third-order valence-corrected chi connectivity index (χ3v) is 5.04. The highest BCUT2D eigenvalue weighted by Gasteiger charge is 2.33. The zero-order valence-corrected chi connectivity index (χ0v) is 17.8. The summed E-state index contributed by atoms with van der Waals surface area (Å²) >= 11 is 0. The van der Waals surface area contributed by atoms with Crippen LogP contribution in [0.5, 0.6) is 17.4 Å². The Kier molecular flexibility index (Phi) is 7.15. The van der Waals surface area contributed by atoms with Crippen LogP contribution in [0.2, 0.25) is 0 Å². The molecule has 3 aromatic rings. The summed E-state index contributed by atoms with van der Waals surface area (Å²) in [6, 6.07) is 10.3. The average molecular weight is 504 g/mol. The van der Waals surface area contributed by atoms with Gasteiger partial charge in [-0.3, -0.25) is 9.00 Å². The second-order valence-corrected chi connectivity index (χ2v) is 8.01. The molecule has 1 aromatic heterocycles. The molecule has 1 amide bonds. The number of nitrogens with one attached hydrogen (secondary N) is 1. The lowest BCUT2D eigenvalue weighted by Gasteiger charge is -2.14. The smallest absolute Gasteiger partial charge is 0.438 e. The summed E-state index contributed by atoms with van der Waals surface area (Å²) in [6.45, 7) is 0.